The third-order valence-electron chi connectivity index (χ3n) is 2.90. The summed E-state index contributed by atoms with van der Waals surface area (Å²) in [6.45, 7) is 1.77. The number of carbonyl (C=O) groups is 2. The number of carbonyl (C=O) groups excluding carboxylic acids is 2. The molecule has 2 aromatic rings. The summed E-state index contributed by atoms with van der Waals surface area (Å²) in [5.41, 5.74) is 3.89. The number of hydrogen-bond acceptors (Lipinski definition) is 3. The molecule has 2 rings (SSSR count). The molecule has 118 valence electrons. The number of benzene rings is 2. The van der Waals surface area contributed by atoms with Crippen LogP contribution in [0.4, 0.5) is 10.1 Å². The van der Waals surface area contributed by atoms with Crippen LogP contribution in [0.15, 0.2) is 47.6 Å². The van der Waals surface area contributed by atoms with Gasteiger partial charge in [-0.1, -0.05) is 29.8 Å². The lowest BCUT2D eigenvalue weighted by Crippen LogP contribution is -2.32. The van der Waals surface area contributed by atoms with Crippen molar-refractivity contribution in [2.75, 3.05) is 5.32 Å². The fourth-order valence-corrected chi connectivity index (χ4v) is 1.85. The third kappa shape index (κ3) is 4.89. The number of anilines is 1. The van der Waals surface area contributed by atoms with Crippen LogP contribution in [0.1, 0.15) is 11.1 Å². The normalized spacial score (nSPS) is 10.6. The van der Waals surface area contributed by atoms with Crippen molar-refractivity contribution in [1.29, 1.82) is 0 Å². The molecule has 2 aromatic carbocycles. The zero-order valence-electron chi connectivity index (χ0n) is 12.1. The minimum absolute atomic E-state index is 0.373. The van der Waals surface area contributed by atoms with E-state index in [0.29, 0.717) is 16.3 Å². The highest BCUT2D eigenvalue weighted by molar-refractivity contribution is 6.40. The van der Waals surface area contributed by atoms with Crippen molar-refractivity contribution in [3.63, 3.8) is 0 Å². The summed E-state index contributed by atoms with van der Waals surface area (Å²) in [5, 5.41) is 6.53. The lowest BCUT2D eigenvalue weighted by molar-refractivity contribution is -0.136. The summed E-state index contributed by atoms with van der Waals surface area (Å²) >= 11 is 5.84. The Labute approximate surface area is 137 Å². The van der Waals surface area contributed by atoms with E-state index in [1.54, 1.807) is 25.1 Å². The predicted molar refractivity (Wildman–Crippen MR) is 87.0 cm³/mol. The first-order valence-electron chi connectivity index (χ1n) is 6.62. The second-order valence-corrected chi connectivity index (χ2v) is 5.10. The Balaban J connectivity index is 1.93. The van der Waals surface area contributed by atoms with Gasteiger partial charge in [0.2, 0.25) is 0 Å². The van der Waals surface area contributed by atoms with Gasteiger partial charge in [-0.15, -0.1) is 0 Å². The number of rotatable bonds is 3. The van der Waals surface area contributed by atoms with E-state index in [2.05, 4.69) is 15.8 Å². The number of hydrazone groups is 1. The van der Waals surface area contributed by atoms with Gasteiger partial charge in [-0.3, -0.25) is 9.59 Å². The number of nitrogens with one attached hydrogen (secondary N) is 2. The molecule has 0 aliphatic heterocycles. The topological polar surface area (TPSA) is 70.6 Å². The average Bonchev–Trinajstić information content (AvgIpc) is 2.52. The summed E-state index contributed by atoms with van der Waals surface area (Å²) in [6, 6.07) is 10.4. The molecule has 0 fully saturated rings. The molecule has 0 saturated carbocycles. The quantitative estimate of drug-likeness (QED) is 0.515. The Bertz CT molecular complexity index is 760. The molecule has 0 atom stereocenters. The molecular weight excluding hydrogens is 321 g/mol. The molecule has 2 N–H and O–H groups in total. The van der Waals surface area contributed by atoms with Gasteiger partial charge in [0, 0.05) is 10.7 Å². The number of amides is 2. The van der Waals surface area contributed by atoms with Gasteiger partial charge in [-0.2, -0.15) is 5.10 Å². The van der Waals surface area contributed by atoms with Crippen LogP contribution in [-0.4, -0.2) is 18.0 Å². The second-order valence-electron chi connectivity index (χ2n) is 4.66. The van der Waals surface area contributed by atoms with Crippen LogP contribution in [0, 0.1) is 12.7 Å². The maximum atomic E-state index is 12.7. The molecule has 5 nitrogen and oxygen atoms in total. The molecular formula is C16H13ClFN3O2. The minimum Gasteiger partial charge on any atom is -0.317 e. The fourth-order valence-electron chi connectivity index (χ4n) is 1.67. The van der Waals surface area contributed by atoms with E-state index < -0.39 is 11.8 Å². The molecule has 0 bridgehead atoms. The van der Waals surface area contributed by atoms with Crippen LogP contribution in [0.3, 0.4) is 0 Å². The standard InChI is InChI=1S/C16H13ClFN3O2/c1-10-2-5-12(17)8-14(10)20-15(22)16(23)21-19-9-11-3-6-13(18)7-4-11/h2-9H,1H3,(H,20,22)(H,21,23)/b19-9-. The minimum atomic E-state index is -0.928. The van der Waals surface area contributed by atoms with Gasteiger partial charge in [0.15, 0.2) is 0 Å². The van der Waals surface area contributed by atoms with Gasteiger partial charge in [0.1, 0.15) is 5.82 Å². The third-order valence-corrected chi connectivity index (χ3v) is 3.14. The second kappa shape index (κ2) is 7.51. The molecule has 0 radical (unpaired) electrons. The van der Waals surface area contributed by atoms with E-state index in [0.717, 1.165) is 5.56 Å². The highest BCUT2D eigenvalue weighted by Crippen LogP contribution is 2.19. The van der Waals surface area contributed by atoms with Crippen molar-refractivity contribution in [3.8, 4) is 0 Å². The summed E-state index contributed by atoms with van der Waals surface area (Å²) < 4.78 is 12.7. The molecule has 0 heterocycles. The van der Waals surface area contributed by atoms with Crippen molar-refractivity contribution in [1.82, 2.24) is 5.43 Å². The molecule has 0 aliphatic carbocycles. The molecule has 23 heavy (non-hydrogen) atoms. The maximum Gasteiger partial charge on any atom is 0.329 e. The van der Waals surface area contributed by atoms with Crippen LogP contribution in [-0.2, 0) is 9.59 Å². The van der Waals surface area contributed by atoms with Gasteiger partial charge in [0.05, 0.1) is 6.21 Å². The van der Waals surface area contributed by atoms with Crippen LogP contribution >= 0.6 is 11.6 Å². The molecule has 7 heteroatoms. The van der Waals surface area contributed by atoms with Crippen molar-refractivity contribution in [2.24, 2.45) is 5.10 Å². The van der Waals surface area contributed by atoms with Crippen molar-refractivity contribution >= 4 is 35.3 Å². The van der Waals surface area contributed by atoms with Gasteiger partial charge >= 0.3 is 11.8 Å². The fraction of sp³-hybridized carbons (Fsp3) is 0.0625. The SMILES string of the molecule is Cc1ccc(Cl)cc1NC(=O)C(=O)N/N=C\c1ccc(F)cc1. The largest absolute Gasteiger partial charge is 0.329 e. The van der Waals surface area contributed by atoms with Crippen molar-refractivity contribution in [3.05, 3.63) is 64.4 Å². The molecule has 0 aromatic heterocycles. The van der Waals surface area contributed by atoms with Gasteiger partial charge in [-0.05, 0) is 42.3 Å². The Morgan fingerprint density at radius 2 is 1.83 bits per heavy atom. The molecule has 0 spiro atoms. The Morgan fingerprint density at radius 1 is 1.13 bits per heavy atom. The van der Waals surface area contributed by atoms with E-state index in [1.165, 1.54) is 30.5 Å². The number of halogens is 2. The van der Waals surface area contributed by atoms with E-state index in [9.17, 15) is 14.0 Å². The number of aryl methyl sites for hydroxylation is 1. The van der Waals surface area contributed by atoms with Gasteiger partial charge < -0.3 is 5.32 Å². The number of hydrogen-bond donors (Lipinski definition) is 2. The van der Waals surface area contributed by atoms with Gasteiger partial charge in [-0.25, -0.2) is 9.82 Å². The average molecular weight is 334 g/mol. The first-order chi connectivity index (χ1) is 11.0. The van der Waals surface area contributed by atoms with Crippen molar-refractivity contribution in [2.45, 2.75) is 6.92 Å². The van der Waals surface area contributed by atoms with Gasteiger partial charge in [0.25, 0.3) is 0 Å². The van der Waals surface area contributed by atoms with E-state index in [-0.39, 0.29) is 5.82 Å². The first-order valence-corrected chi connectivity index (χ1v) is 6.99. The lowest BCUT2D eigenvalue weighted by Gasteiger charge is -2.07. The van der Waals surface area contributed by atoms with Crippen LogP contribution in [0.5, 0.6) is 0 Å². The summed E-state index contributed by atoms with van der Waals surface area (Å²) in [5.74, 6) is -2.17. The van der Waals surface area contributed by atoms with E-state index in [1.807, 2.05) is 0 Å². The predicted octanol–water partition coefficient (Wildman–Crippen LogP) is 2.88. The zero-order valence-corrected chi connectivity index (χ0v) is 12.9. The highest BCUT2D eigenvalue weighted by Gasteiger charge is 2.14. The lowest BCUT2D eigenvalue weighted by atomic mass is 10.2. The highest BCUT2D eigenvalue weighted by atomic mass is 35.5. The Kier molecular flexibility index (Phi) is 5.43. The molecule has 0 aliphatic rings. The van der Waals surface area contributed by atoms with E-state index >= 15 is 0 Å². The van der Waals surface area contributed by atoms with E-state index in [4.69, 9.17) is 11.6 Å². The first kappa shape index (κ1) is 16.6. The Hall–Kier alpha value is -2.73. The summed E-state index contributed by atoms with van der Waals surface area (Å²) in [6.07, 6.45) is 1.30. The summed E-state index contributed by atoms with van der Waals surface area (Å²) in [4.78, 5) is 23.4. The Morgan fingerprint density at radius 3 is 2.52 bits per heavy atom. The maximum absolute atomic E-state index is 12.7. The van der Waals surface area contributed by atoms with Crippen molar-refractivity contribution < 1.29 is 14.0 Å². The van der Waals surface area contributed by atoms with Crippen LogP contribution in [0.2, 0.25) is 5.02 Å². The van der Waals surface area contributed by atoms with Crippen LogP contribution < -0.4 is 10.7 Å². The molecule has 0 unspecified atom stereocenters. The molecule has 0 saturated heterocycles. The smallest absolute Gasteiger partial charge is 0.317 e. The number of nitrogens with zero attached hydrogens (tertiary/aromatic N) is 1. The van der Waals surface area contributed by atoms with Crippen LogP contribution in [0.25, 0.3) is 0 Å². The zero-order chi connectivity index (χ0) is 16.8. The monoisotopic (exact) mass is 333 g/mol. The summed E-state index contributed by atoms with van der Waals surface area (Å²) in [7, 11) is 0. The molecule has 2 amide bonds.